The Morgan fingerprint density at radius 2 is 1.68 bits per heavy atom. The lowest BCUT2D eigenvalue weighted by Crippen LogP contribution is -2.37. The van der Waals surface area contributed by atoms with Crippen molar-refractivity contribution >= 4 is 11.8 Å². The Balaban J connectivity index is 1.49. The zero-order valence-electron chi connectivity index (χ0n) is 15.9. The highest BCUT2D eigenvalue weighted by atomic mass is 15.2. The van der Waals surface area contributed by atoms with Crippen molar-refractivity contribution in [3.05, 3.63) is 11.8 Å². The Bertz CT molecular complexity index is 584. The molecule has 1 aliphatic heterocycles. The van der Waals surface area contributed by atoms with Gasteiger partial charge in [-0.3, -0.25) is 0 Å². The van der Waals surface area contributed by atoms with Gasteiger partial charge in [0.1, 0.15) is 5.82 Å². The van der Waals surface area contributed by atoms with Crippen LogP contribution in [-0.4, -0.2) is 47.1 Å². The second kappa shape index (κ2) is 7.10. The number of likely N-dealkylation sites (tertiary alicyclic amines) is 1. The van der Waals surface area contributed by atoms with Crippen LogP contribution in [0.4, 0.5) is 11.8 Å². The van der Waals surface area contributed by atoms with E-state index in [1.165, 1.54) is 63.4 Å². The number of piperidine rings is 1. The number of hydrogen-bond donors (Lipinski definition) is 2. The third-order valence-corrected chi connectivity index (χ3v) is 6.44. The van der Waals surface area contributed by atoms with Crippen molar-refractivity contribution < 1.29 is 0 Å². The Morgan fingerprint density at radius 1 is 1.00 bits per heavy atom. The number of nitrogens with zero attached hydrogens (tertiary/aromatic N) is 3. The van der Waals surface area contributed by atoms with Crippen LogP contribution < -0.4 is 10.6 Å². The molecule has 0 atom stereocenters. The van der Waals surface area contributed by atoms with Crippen molar-refractivity contribution in [2.45, 2.75) is 82.2 Å². The van der Waals surface area contributed by atoms with Crippen LogP contribution in [-0.2, 0) is 5.41 Å². The van der Waals surface area contributed by atoms with Crippen molar-refractivity contribution in [1.29, 1.82) is 0 Å². The van der Waals surface area contributed by atoms with Crippen molar-refractivity contribution in [3.8, 4) is 0 Å². The van der Waals surface area contributed by atoms with Crippen molar-refractivity contribution in [2.75, 3.05) is 30.8 Å². The average molecular weight is 344 g/mol. The molecule has 2 saturated carbocycles. The third kappa shape index (κ3) is 4.08. The molecule has 0 bridgehead atoms. The minimum Gasteiger partial charge on any atom is -0.367 e. The fourth-order valence-electron chi connectivity index (χ4n) is 4.24. The summed E-state index contributed by atoms with van der Waals surface area (Å²) in [5.74, 6) is 1.90. The Hall–Kier alpha value is -1.36. The smallest absolute Gasteiger partial charge is 0.224 e. The van der Waals surface area contributed by atoms with Crippen LogP contribution in [0.1, 0.15) is 70.3 Å². The Morgan fingerprint density at radius 3 is 2.36 bits per heavy atom. The van der Waals surface area contributed by atoms with Crippen LogP contribution in [0.25, 0.3) is 0 Å². The molecule has 0 aromatic carbocycles. The monoisotopic (exact) mass is 343 g/mol. The number of aromatic nitrogens is 2. The molecule has 1 saturated heterocycles. The standard InChI is InChI=1S/C20H33N5/c1-20(10-11-20)17-14-21-19(23-16-8-12-25(2)13-9-16)24-18(17)22-15-6-4-3-5-7-15/h14-16H,3-13H2,1-2H3,(H2,21,22,23,24). The van der Waals surface area contributed by atoms with Gasteiger partial charge in [-0.15, -0.1) is 0 Å². The summed E-state index contributed by atoms with van der Waals surface area (Å²) in [6.45, 7) is 4.66. The van der Waals surface area contributed by atoms with Gasteiger partial charge < -0.3 is 15.5 Å². The van der Waals surface area contributed by atoms with Gasteiger partial charge in [0, 0.05) is 23.8 Å². The summed E-state index contributed by atoms with van der Waals surface area (Å²) < 4.78 is 0. The van der Waals surface area contributed by atoms with Gasteiger partial charge in [-0.05, 0) is 64.1 Å². The Kier molecular flexibility index (Phi) is 4.85. The van der Waals surface area contributed by atoms with E-state index in [2.05, 4.69) is 40.7 Å². The predicted molar refractivity (Wildman–Crippen MR) is 103 cm³/mol. The largest absolute Gasteiger partial charge is 0.367 e. The van der Waals surface area contributed by atoms with Gasteiger partial charge in [0.2, 0.25) is 5.95 Å². The molecular weight excluding hydrogens is 310 g/mol. The molecule has 5 heteroatoms. The van der Waals surface area contributed by atoms with Gasteiger partial charge in [-0.25, -0.2) is 4.98 Å². The van der Waals surface area contributed by atoms with Crippen LogP contribution in [0.2, 0.25) is 0 Å². The van der Waals surface area contributed by atoms with E-state index in [1.54, 1.807) is 0 Å². The number of anilines is 2. The van der Waals surface area contributed by atoms with Gasteiger partial charge >= 0.3 is 0 Å². The second-order valence-corrected chi connectivity index (χ2v) is 8.72. The highest BCUT2D eigenvalue weighted by molar-refractivity contribution is 5.53. The molecule has 1 aromatic heterocycles. The number of hydrogen-bond acceptors (Lipinski definition) is 5. The molecule has 0 unspecified atom stereocenters. The minimum atomic E-state index is 0.295. The van der Waals surface area contributed by atoms with Gasteiger partial charge in [-0.1, -0.05) is 26.2 Å². The van der Waals surface area contributed by atoms with E-state index in [9.17, 15) is 0 Å². The zero-order chi connectivity index (χ0) is 17.3. The summed E-state index contributed by atoms with van der Waals surface area (Å²) >= 11 is 0. The first kappa shape index (κ1) is 17.1. The minimum absolute atomic E-state index is 0.295. The van der Waals surface area contributed by atoms with Crippen LogP contribution in [0.15, 0.2) is 6.20 Å². The lowest BCUT2D eigenvalue weighted by molar-refractivity contribution is 0.263. The lowest BCUT2D eigenvalue weighted by atomic mass is 9.94. The van der Waals surface area contributed by atoms with E-state index in [4.69, 9.17) is 4.98 Å². The molecule has 0 radical (unpaired) electrons. The summed E-state index contributed by atoms with van der Waals surface area (Å²) in [5, 5.41) is 7.37. The second-order valence-electron chi connectivity index (χ2n) is 8.72. The molecule has 2 aliphatic carbocycles. The molecular formula is C20H33N5. The third-order valence-electron chi connectivity index (χ3n) is 6.44. The number of rotatable bonds is 5. The summed E-state index contributed by atoms with van der Waals surface area (Å²) in [4.78, 5) is 12.0. The quantitative estimate of drug-likeness (QED) is 0.852. The SMILES string of the molecule is CN1CCC(Nc2ncc(C3(C)CC3)c(NC3CCCCC3)n2)CC1. The first-order valence-electron chi connectivity index (χ1n) is 10.2. The lowest BCUT2D eigenvalue weighted by Gasteiger charge is -2.30. The maximum absolute atomic E-state index is 4.94. The molecule has 2 N–H and O–H groups in total. The summed E-state index contributed by atoms with van der Waals surface area (Å²) in [6.07, 6.45) is 13.6. The topological polar surface area (TPSA) is 53.1 Å². The van der Waals surface area contributed by atoms with Crippen LogP contribution in [0.5, 0.6) is 0 Å². The molecule has 25 heavy (non-hydrogen) atoms. The maximum atomic E-state index is 4.94. The van der Waals surface area contributed by atoms with E-state index in [0.29, 0.717) is 17.5 Å². The van der Waals surface area contributed by atoms with Gasteiger partial charge in [0.15, 0.2) is 0 Å². The molecule has 1 aromatic rings. The van der Waals surface area contributed by atoms with Crippen LogP contribution in [0.3, 0.4) is 0 Å². The van der Waals surface area contributed by atoms with Gasteiger partial charge in [0.25, 0.3) is 0 Å². The van der Waals surface area contributed by atoms with E-state index in [-0.39, 0.29) is 0 Å². The molecule has 3 fully saturated rings. The van der Waals surface area contributed by atoms with Gasteiger partial charge in [-0.2, -0.15) is 4.98 Å². The number of nitrogens with one attached hydrogen (secondary N) is 2. The normalized spacial score (nSPS) is 24.9. The fraction of sp³-hybridized carbons (Fsp3) is 0.800. The van der Waals surface area contributed by atoms with E-state index < -0.39 is 0 Å². The fourth-order valence-corrected chi connectivity index (χ4v) is 4.24. The molecule has 2 heterocycles. The van der Waals surface area contributed by atoms with Crippen molar-refractivity contribution in [2.24, 2.45) is 0 Å². The van der Waals surface area contributed by atoms with Crippen molar-refractivity contribution in [3.63, 3.8) is 0 Å². The van der Waals surface area contributed by atoms with E-state index in [1.807, 2.05) is 0 Å². The first-order valence-corrected chi connectivity index (χ1v) is 10.2. The van der Waals surface area contributed by atoms with E-state index in [0.717, 1.165) is 24.9 Å². The Labute approximate surface area is 152 Å². The highest BCUT2D eigenvalue weighted by Gasteiger charge is 2.42. The molecule has 4 rings (SSSR count). The maximum Gasteiger partial charge on any atom is 0.224 e. The summed E-state index contributed by atoms with van der Waals surface area (Å²) in [7, 11) is 2.20. The first-order chi connectivity index (χ1) is 12.1. The highest BCUT2D eigenvalue weighted by Crippen LogP contribution is 2.49. The van der Waals surface area contributed by atoms with Crippen LogP contribution >= 0.6 is 0 Å². The predicted octanol–water partition coefficient (Wildman–Crippen LogP) is 3.78. The summed E-state index contributed by atoms with van der Waals surface area (Å²) in [6, 6.07) is 1.09. The van der Waals surface area contributed by atoms with Crippen LogP contribution in [0, 0.1) is 0 Å². The zero-order valence-corrected chi connectivity index (χ0v) is 15.9. The summed E-state index contributed by atoms with van der Waals surface area (Å²) in [5.41, 5.74) is 1.62. The van der Waals surface area contributed by atoms with E-state index >= 15 is 0 Å². The molecule has 0 amide bonds. The van der Waals surface area contributed by atoms with Crippen molar-refractivity contribution in [1.82, 2.24) is 14.9 Å². The molecule has 138 valence electrons. The average Bonchev–Trinajstić information content (AvgIpc) is 3.37. The molecule has 3 aliphatic rings. The molecule has 0 spiro atoms. The van der Waals surface area contributed by atoms with Gasteiger partial charge in [0.05, 0.1) is 0 Å². The molecule has 5 nitrogen and oxygen atoms in total.